The van der Waals surface area contributed by atoms with Crippen molar-refractivity contribution in [3.05, 3.63) is 117 Å². The van der Waals surface area contributed by atoms with E-state index in [0.717, 1.165) is 5.56 Å². The summed E-state index contributed by atoms with van der Waals surface area (Å²) in [4.78, 5) is 57.4. The van der Waals surface area contributed by atoms with Crippen molar-refractivity contribution in [2.24, 2.45) is 10.7 Å². The molecule has 0 fully saturated rings. The number of aliphatic imine (C=N–C) groups is 1. The maximum Gasteiger partial charge on any atom is 0.268 e. The third-order valence-electron chi connectivity index (χ3n) is 6.41. The van der Waals surface area contributed by atoms with Crippen LogP contribution in [0.25, 0.3) is 16.8 Å². The summed E-state index contributed by atoms with van der Waals surface area (Å²) in [6.07, 6.45) is 0.00870. The van der Waals surface area contributed by atoms with Crippen molar-refractivity contribution in [1.82, 2.24) is 4.57 Å². The molecule has 0 aliphatic heterocycles. The van der Waals surface area contributed by atoms with E-state index in [0.29, 0.717) is 28.1 Å². The molecule has 7 heteroatoms. The van der Waals surface area contributed by atoms with E-state index in [2.05, 4.69) is 0 Å². The maximum absolute atomic E-state index is 14.0. The highest BCUT2D eigenvalue weighted by atomic mass is 16.2. The number of fused-ring (bicyclic) bond motifs is 1. The summed E-state index contributed by atoms with van der Waals surface area (Å²) >= 11 is 0. The van der Waals surface area contributed by atoms with Gasteiger partial charge in [-0.1, -0.05) is 72.3 Å². The first-order chi connectivity index (χ1) is 17.8. The summed E-state index contributed by atoms with van der Waals surface area (Å²) in [5.41, 5.74) is 8.64. The molecule has 1 aliphatic rings. The van der Waals surface area contributed by atoms with Gasteiger partial charge in [-0.2, -0.15) is 0 Å². The molecule has 4 aromatic rings. The number of rotatable bonds is 5. The average Bonchev–Trinajstić information content (AvgIpc) is 3.20. The minimum absolute atomic E-state index is 0.00870. The highest BCUT2D eigenvalue weighted by Gasteiger charge is 2.31. The van der Waals surface area contributed by atoms with Crippen LogP contribution in [0.2, 0.25) is 0 Å². The van der Waals surface area contributed by atoms with E-state index in [4.69, 9.17) is 10.7 Å². The molecule has 7 nitrogen and oxygen atoms in total. The summed E-state index contributed by atoms with van der Waals surface area (Å²) in [6, 6.07) is 22.8. The van der Waals surface area contributed by atoms with Crippen molar-refractivity contribution in [3.8, 4) is 16.8 Å². The number of primary amides is 1. The average molecular weight is 490 g/mol. The third kappa shape index (κ3) is 4.10. The van der Waals surface area contributed by atoms with Crippen LogP contribution in [0, 0.1) is 6.92 Å². The summed E-state index contributed by atoms with van der Waals surface area (Å²) < 4.78 is 1.24. The Kier molecular flexibility index (Phi) is 5.97. The molecule has 0 saturated carbocycles. The van der Waals surface area contributed by atoms with E-state index in [1.807, 2.05) is 19.1 Å². The number of carbonyl (C=O) groups is 3. The molecule has 37 heavy (non-hydrogen) atoms. The molecule has 3 aromatic carbocycles. The molecule has 0 saturated heterocycles. The first-order valence-corrected chi connectivity index (χ1v) is 11.7. The van der Waals surface area contributed by atoms with E-state index in [1.165, 1.54) is 11.5 Å². The lowest BCUT2D eigenvalue weighted by molar-refractivity contribution is 0.0994. The van der Waals surface area contributed by atoms with Crippen LogP contribution in [0.15, 0.2) is 88.6 Å². The number of amides is 1. The van der Waals surface area contributed by atoms with E-state index in [1.54, 1.807) is 66.7 Å². The lowest BCUT2D eigenvalue weighted by Gasteiger charge is -2.20. The fraction of sp³-hybridized carbons (Fsp3) is 0.100. The van der Waals surface area contributed by atoms with E-state index in [9.17, 15) is 19.2 Å². The molecule has 182 valence electrons. The smallest absolute Gasteiger partial charge is 0.268 e. The Labute approximate surface area is 212 Å². The van der Waals surface area contributed by atoms with Crippen LogP contribution in [0.1, 0.15) is 55.5 Å². The van der Waals surface area contributed by atoms with Gasteiger partial charge in [0.05, 0.1) is 28.9 Å². The van der Waals surface area contributed by atoms with Crippen LogP contribution in [-0.2, 0) is 0 Å². The van der Waals surface area contributed by atoms with Crippen molar-refractivity contribution < 1.29 is 14.4 Å². The minimum Gasteiger partial charge on any atom is -0.365 e. The minimum atomic E-state index is -0.848. The highest BCUT2D eigenvalue weighted by molar-refractivity contribution is 6.27. The zero-order valence-corrected chi connectivity index (χ0v) is 20.3. The SMILES string of the molecule is CC(=O)c1c(-c2ccccc2)c(C(N)=O)c(/N=C2\CC(=O)c3ccccc32)n(-c2ccc(C)cc2)c1=O. The topological polar surface area (TPSA) is 112 Å². The Hall–Kier alpha value is -4.91. The van der Waals surface area contributed by atoms with Gasteiger partial charge in [0.1, 0.15) is 0 Å². The number of Topliss-reactive ketones (excluding diaryl/α,β-unsaturated/α-hetero) is 2. The molecule has 1 aliphatic carbocycles. The van der Waals surface area contributed by atoms with Crippen molar-refractivity contribution in [3.63, 3.8) is 0 Å². The van der Waals surface area contributed by atoms with Gasteiger partial charge in [-0.3, -0.25) is 23.7 Å². The molecule has 2 N–H and O–H groups in total. The maximum atomic E-state index is 14.0. The number of carbonyl (C=O) groups excluding carboxylic acids is 3. The number of hydrogen-bond donors (Lipinski definition) is 1. The van der Waals surface area contributed by atoms with Crippen LogP contribution in [0.5, 0.6) is 0 Å². The van der Waals surface area contributed by atoms with Gasteiger partial charge < -0.3 is 5.73 Å². The van der Waals surface area contributed by atoms with Crippen molar-refractivity contribution in [2.45, 2.75) is 20.3 Å². The van der Waals surface area contributed by atoms with Crippen molar-refractivity contribution in [2.75, 3.05) is 0 Å². The molecule has 0 bridgehead atoms. The Morgan fingerprint density at radius 1 is 0.838 bits per heavy atom. The Morgan fingerprint density at radius 2 is 1.46 bits per heavy atom. The van der Waals surface area contributed by atoms with Crippen LogP contribution < -0.4 is 11.3 Å². The zero-order chi connectivity index (χ0) is 26.3. The van der Waals surface area contributed by atoms with Gasteiger partial charge in [-0.15, -0.1) is 0 Å². The Bertz CT molecular complexity index is 1680. The predicted octanol–water partition coefficient (Wildman–Crippen LogP) is 4.82. The summed E-state index contributed by atoms with van der Waals surface area (Å²) in [5, 5.41) is 0. The number of pyridine rings is 1. The predicted molar refractivity (Wildman–Crippen MR) is 142 cm³/mol. The fourth-order valence-electron chi connectivity index (χ4n) is 4.70. The molecule has 1 heterocycles. The lowest BCUT2D eigenvalue weighted by Crippen LogP contribution is -2.30. The number of aryl methyl sites for hydroxylation is 1. The number of nitrogens with two attached hydrogens (primary N) is 1. The summed E-state index contributed by atoms with van der Waals surface area (Å²) in [6.45, 7) is 3.19. The quantitative estimate of drug-likeness (QED) is 0.405. The number of ketones is 2. The number of hydrogen-bond acceptors (Lipinski definition) is 5. The molecule has 0 atom stereocenters. The second kappa shape index (κ2) is 9.28. The molecule has 1 aromatic heterocycles. The van der Waals surface area contributed by atoms with Gasteiger partial charge in [0.25, 0.3) is 11.5 Å². The number of aromatic nitrogens is 1. The molecule has 1 amide bonds. The van der Waals surface area contributed by atoms with Gasteiger partial charge >= 0.3 is 0 Å². The fourth-order valence-corrected chi connectivity index (χ4v) is 4.70. The first-order valence-electron chi connectivity index (χ1n) is 11.7. The van der Waals surface area contributed by atoms with E-state index in [-0.39, 0.29) is 34.7 Å². The molecular weight excluding hydrogens is 466 g/mol. The van der Waals surface area contributed by atoms with Gasteiger partial charge in [-0.05, 0) is 31.5 Å². The van der Waals surface area contributed by atoms with Crippen LogP contribution in [0.4, 0.5) is 5.82 Å². The summed E-state index contributed by atoms with van der Waals surface area (Å²) in [5.74, 6) is -1.49. The molecule has 5 rings (SSSR count). The normalized spacial score (nSPS) is 13.6. The lowest BCUT2D eigenvalue weighted by atomic mass is 9.93. The second-order valence-corrected chi connectivity index (χ2v) is 8.92. The van der Waals surface area contributed by atoms with Crippen molar-refractivity contribution >= 4 is 29.0 Å². The Morgan fingerprint density at radius 3 is 2.08 bits per heavy atom. The highest BCUT2D eigenvalue weighted by Crippen LogP contribution is 2.36. The standard InChI is InChI=1S/C30H23N3O4/c1-17-12-14-20(15-13-17)33-29(32-23-16-24(35)22-11-7-6-10-21(22)23)27(28(31)36)26(19-8-4-3-5-9-19)25(18(2)34)30(33)37/h3-15H,16H2,1-2H3,(H2,31,36)/b32-23+. The van der Waals surface area contributed by atoms with Crippen LogP contribution in [0.3, 0.4) is 0 Å². The Balaban J connectivity index is 1.97. The van der Waals surface area contributed by atoms with Crippen molar-refractivity contribution in [1.29, 1.82) is 0 Å². The van der Waals surface area contributed by atoms with Crippen LogP contribution >= 0.6 is 0 Å². The van der Waals surface area contributed by atoms with Crippen LogP contribution in [-0.4, -0.2) is 27.8 Å². The molecule has 0 unspecified atom stereocenters. The van der Waals surface area contributed by atoms with E-state index < -0.39 is 17.2 Å². The molecule has 0 spiro atoms. The van der Waals surface area contributed by atoms with E-state index >= 15 is 0 Å². The second-order valence-electron chi connectivity index (χ2n) is 8.92. The summed E-state index contributed by atoms with van der Waals surface area (Å²) in [7, 11) is 0. The number of nitrogens with zero attached hydrogens (tertiary/aromatic N) is 2. The molecule has 0 radical (unpaired) electrons. The largest absolute Gasteiger partial charge is 0.365 e. The third-order valence-corrected chi connectivity index (χ3v) is 6.41. The zero-order valence-electron chi connectivity index (χ0n) is 20.3. The monoisotopic (exact) mass is 489 g/mol. The van der Waals surface area contributed by atoms with Gasteiger partial charge in [0.15, 0.2) is 17.4 Å². The van der Waals surface area contributed by atoms with Gasteiger partial charge in [-0.25, -0.2) is 4.99 Å². The first kappa shape index (κ1) is 23.8. The molecular formula is C30H23N3O4. The number of benzene rings is 3. The van der Waals surface area contributed by atoms with Gasteiger partial charge in [0, 0.05) is 16.7 Å². The van der Waals surface area contributed by atoms with Gasteiger partial charge in [0.2, 0.25) is 0 Å².